The summed E-state index contributed by atoms with van der Waals surface area (Å²) in [5, 5.41) is 12.7. The van der Waals surface area contributed by atoms with E-state index in [0.29, 0.717) is 31.1 Å². The topological polar surface area (TPSA) is 84.6 Å². The molecule has 9 heteroatoms. The zero-order chi connectivity index (χ0) is 19.7. The average molecular weight is 399 g/mol. The highest BCUT2D eigenvalue weighted by atomic mass is 32.1. The van der Waals surface area contributed by atoms with Crippen LogP contribution in [0, 0.1) is 17.0 Å². The minimum absolute atomic E-state index is 0.0377. The summed E-state index contributed by atoms with van der Waals surface area (Å²) in [7, 11) is 0. The van der Waals surface area contributed by atoms with Crippen molar-refractivity contribution in [1.82, 2.24) is 9.97 Å². The van der Waals surface area contributed by atoms with Crippen molar-refractivity contribution < 1.29 is 9.66 Å². The van der Waals surface area contributed by atoms with Gasteiger partial charge >= 0.3 is 5.69 Å². The molecule has 0 radical (unpaired) electrons. The van der Waals surface area contributed by atoms with E-state index >= 15 is 0 Å². The van der Waals surface area contributed by atoms with E-state index in [2.05, 4.69) is 32.8 Å². The highest BCUT2D eigenvalue weighted by Gasteiger charge is 2.28. The smallest absolute Gasteiger partial charge is 0.333 e. The SMILES string of the molecule is CCOc1cccc(N2CCN(c3ncnc4sc(C)cc34)CC2)c1[N+](=O)[O-]. The van der Waals surface area contributed by atoms with Gasteiger partial charge in [-0.1, -0.05) is 6.07 Å². The quantitative estimate of drug-likeness (QED) is 0.478. The number of hydrogen-bond acceptors (Lipinski definition) is 8. The maximum absolute atomic E-state index is 11.7. The summed E-state index contributed by atoms with van der Waals surface area (Å²) in [5.41, 5.74) is 0.644. The lowest BCUT2D eigenvalue weighted by Crippen LogP contribution is -2.47. The molecule has 0 amide bonds. The van der Waals surface area contributed by atoms with E-state index in [0.717, 1.165) is 29.1 Å². The van der Waals surface area contributed by atoms with Crippen molar-refractivity contribution in [2.45, 2.75) is 13.8 Å². The van der Waals surface area contributed by atoms with Gasteiger partial charge in [-0.25, -0.2) is 9.97 Å². The molecule has 1 aromatic carbocycles. The maximum Gasteiger partial charge on any atom is 0.333 e. The molecule has 0 atom stereocenters. The Kier molecular flexibility index (Phi) is 4.99. The normalized spacial score (nSPS) is 14.5. The molecule has 1 fully saturated rings. The summed E-state index contributed by atoms with van der Waals surface area (Å²) >= 11 is 1.66. The van der Waals surface area contributed by atoms with Gasteiger partial charge in [0.15, 0.2) is 5.75 Å². The molecular weight excluding hydrogens is 378 g/mol. The molecule has 1 aliphatic heterocycles. The largest absolute Gasteiger partial charge is 0.487 e. The number of aryl methyl sites for hydroxylation is 1. The van der Waals surface area contributed by atoms with Crippen LogP contribution in [0.15, 0.2) is 30.6 Å². The van der Waals surface area contributed by atoms with Crippen molar-refractivity contribution in [2.75, 3.05) is 42.6 Å². The number of aromatic nitrogens is 2. The first kappa shape index (κ1) is 18.4. The lowest BCUT2D eigenvalue weighted by atomic mass is 10.2. The van der Waals surface area contributed by atoms with Crippen LogP contribution in [0.4, 0.5) is 17.2 Å². The van der Waals surface area contributed by atoms with Gasteiger partial charge in [-0.05, 0) is 32.0 Å². The zero-order valence-electron chi connectivity index (χ0n) is 15.8. The molecule has 0 spiro atoms. The molecule has 0 bridgehead atoms. The average Bonchev–Trinajstić information content (AvgIpc) is 3.08. The van der Waals surface area contributed by atoms with Crippen LogP contribution >= 0.6 is 11.3 Å². The van der Waals surface area contributed by atoms with Crippen molar-refractivity contribution in [2.24, 2.45) is 0 Å². The Labute approximate surface area is 166 Å². The first-order chi connectivity index (χ1) is 13.6. The number of thiophene rings is 1. The Bertz CT molecular complexity index is 1010. The van der Waals surface area contributed by atoms with Crippen LogP contribution in [0.2, 0.25) is 0 Å². The molecule has 28 heavy (non-hydrogen) atoms. The summed E-state index contributed by atoms with van der Waals surface area (Å²) in [6.45, 7) is 7.09. The summed E-state index contributed by atoms with van der Waals surface area (Å²) in [6, 6.07) is 7.37. The molecule has 8 nitrogen and oxygen atoms in total. The number of piperazine rings is 1. The summed E-state index contributed by atoms with van der Waals surface area (Å²) in [4.78, 5) is 26.7. The predicted octanol–water partition coefficient (Wildman–Crippen LogP) is 3.63. The van der Waals surface area contributed by atoms with Crippen molar-refractivity contribution in [1.29, 1.82) is 0 Å². The summed E-state index contributed by atoms with van der Waals surface area (Å²) in [6.07, 6.45) is 1.61. The Morgan fingerprint density at radius 1 is 1.21 bits per heavy atom. The second kappa shape index (κ2) is 7.59. The van der Waals surface area contributed by atoms with Crippen LogP contribution in [0.3, 0.4) is 0 Å². The highest BCUT2D eigenvalue weighted by molar-refractivity contribution is 7.18. The first-order valence-electron chi connectivity index (χ1n) is 9.19. The summed E-state index contributed by atoms with van der Waals surface area (Å²) < 4.78 is 5.48. The minimum Gasteiger partial charge on any atom is -0.487 e. The van der Waals surface area contributed by atoms with E-state index in [1.807, 2.05) is 13.0 Å². The van der Waals surface area contributed by atoms with Crippen LogP contribution in [-0.4, -0.2) is 47.7 Å². The third-order valence-corrected chi connectivity index (χ3v) is 5.77. The van der Waals surface area contributed by atoms with Gasteiger partial charge in [0.05, 0.1) is 16.9 Å². The van der Waals surface area contributed by atoms with Gasteiger partial charge < -0.3 is 14.5 Å². The molecular formula is C19H21N5O3S. The number of fused-ring (bicyclic) bond motifs is 1. The highest BCUT2D eigenvalue weighted by Crippen LogP contribution is 2.38. The van der Waals surface area contributed by atoms with E-state index in [-0.39, 0.29) is 10.6 Å². The Morgan fingerprint density at radius 3 is 2.68 bits per heavy atom. The number of nitro benzene ring substituents is 1. The van der Waals surface area contributed by atoms with Crippen LogP contribution in [0.5, 0.6) is 5.75 Å². The maximum atomic E-state index is 11.7. The number of nitrogens with zero attached hydrogens (tertiary/aromatic N) is 5. The Morgan fingerprint density at radius 2 is 1.96 bits per heavy atom. The molecule has 0 saturated carbocycles. The van der Waals surface area contributed by atoms with E-state index < -0.39 is 0 Å². The molecule has 0 N–H and O–H groups in total. The number of nitro groups is 1. The van der Waals surface area contributed by atoms with Crippen LogP contribution in [0.1, 0.15) is 11.8 Å². The molecule has 1 saturated heterocycles. The Hall–Kier alpha value is -2.94. The third kappa shape index (κ3) is 3.33. The molecule has 2 aromatic heterocycles. The van der Waals surface area contributed by atoms with Gasteiger partial charge in [0, 0.05) is 31.1 Å². The predicted molar refractivity (Wildman–Crippen MR) is 111 cm³/mol. The minimum atomic E-state index is -0.352. The first-order valence-corrected chi connectivity index (χ1v) is 10.0. The number of hydrogen-bond donors (Lipinski definition) is 0. The van der Waals surface area contributed by atoms with Gasteiger partial charge in [0.1, 0.15) is 22.7 Å². The zero-order valence-corrected chi connectivity index (χ0v) is 16.6. The van der Waals surface area contributed by atoms with E-state index in [1.165, 1.54) is 4.88 Å². The summed E-state index contributed by atoms with van der Waals surface area (Å²) in [5.74, 6) is 1.25. The fourth-order valence-corrected chi connectivity index (χ4v) is 4.44. The van der Waals surface area contributed by atoms with Crippen molar-refractivity contribution in [3.05, 3.63) is 45.6 Å². The standard InChI is InChI=1S/C19H21N5O3S/c1-3-27-16-6-4-5-15(17(16)24(25)26)22-7-9-23(10-8-22)18-14-11-13(2)28-19(14)21-12-20-18/h4-6,11-12H,3,7-10H2,1-2H3. The lowest BCUT2D eigenvalue weighted by molar-refractivity contribution is -0.385. The Balaban J connectivity index is 1.58. The number of rotatable bonds is 5. The van der Waals surface area contributed by atoms with Gasteiger partial charge in [-0.2, -0.15) is 0 Å². The van der Waals surface area contributed by atoms with Gasteiger partial charge in [0.25, 0.3) is 0 Å². The number of ether oxygens (including phenoxy) is 1. The fraction of sp³-hybridized carbons (Fsp3) is 0.368. The van der Waals surface area contributed by atoms with Gasteiger partial charge in [0.2, 0.25) is 0 Å². The lowest BCUT2D eigenvalue weighted by Gasteiger charge is -2.36. The van der Waals surface area contributed by atoms with E-state index in [9.17, 15) is 10.1 Å². The molecule has 0 unspecified atom stereocenters. The number of anilines is 2. The van der Waals surface area contributed by atoms with Crippen LogP contribution in [0.25, 0.3) is 10.2 Å². The molecule has 4 rings (SSSR count). The molecule has 3 heterocycles. The van der Waals surface area contributed by atoms with Gasteiger partial charge in [-0.15, -0.1) is 11.3 Å². The molecule has 0 aliphatic carbocycles. The fourth-order valence-electron chi connectivity index (χ4n) is 3.60. The van der Waals surface area contributed by atoms with Crippen molar-refractivity contribution in [3.8, 4) is 5.75 Å². The monoisotopic (exact) mass is 399 g/mol. The second-order valence-corrected chi connectivity index (χ2v) is 7.80. The van der Waals surface area contributed by atoms with Gasteiger partial charge in [-0.3, -0.25) is 10.1 Å². The van der Waals surface area contributed by atoms with Crippen LogP contribution < -0.4 is 14.5 Å². The molecule has 3 aromatic rings. The van der Waals surface area contributed by atoms with E-state index in [4.69, 9.17) is 4.74 Å². The van der Waals surface area contributed by atoms with E-state index in [1.54, 1.807) is 29.8 Å². The molecule has 146 valence electrons. The third-order valence-electron chi connectivity index (χ3n) is 4.81. The molecule has 1 aliphatic rings. The van der Waals surface area contributed by atoms with Crippen LogP contribution in [-0.2, 0) is 0 Å². The van der Waals surface area contributed by atoms with Crippen molar-refractivity contribution in [3.63, 3.8) is 0 Å². The van der Waals surface area contributed by atoms with Crippen molar-refractivity contribution >= 4 is 38.7 Å². The number of benzene rings is 1. The second-order valence-electron chi connectivity index (χ2n) is 6.56. The number of para-hydroxylation sites is 1.